The van der Waals surface area contributed by atoms with Gasteiger partial charge >= 0.3 is 5.97 Å². The van der Waals surface area contributed by atoms with E-state index in [0.717, 1.165) is 16.3 Å². The van der Waals surface area contributed by atoms with E-state index in [1.807, 2.05) is 42.5 Å². The highest BCUT2D eigenvalue weighted by Gasteiger charge is 2.28. The minimum Gasteiger partial charge on any atom is -0.480 e. The zero-order valence-corrected chi connectivity index (χ0v) is 15.0. The SMILES string of the molecule is O=C(O)C(NP(=O)(O)CCc1ccc2ccccc2c1)c1ccccc1. The molecular weight excluding hydrogens is 349 g/mol. The lowest BCUT2D eigenvalue weighted by atomic mass is 10.1. The summed E-state index contributed by atoms with van der Waals surface area (Å²) in [6.45, 7) is 0. The summed E-state index contributed by atoms with van der Waals surface area (Å²) in [4.78, 5) is 21.8. The van der Waals surface area contributed by atoms with Gasteiger partial charge in [0.05, 0.1) is 0 Å². The fourth-order valence-electron chi connectivity index (χ4n) is 2.86. The third-order valence-corrected chi connectivity index (χ3v) is 5.72. The Hall–Kier alpha value is -2.46. The van der Waals surface area contributed by atoms with Crippen molar-refractivity contribution in [2.75, 3.05) is 6.16 Å². The zero-order valence-electron chi connectivity index (χ0n) is 14.1. The third kappa shape index (κ3) is 4.58. The van der Waals surface area contributed by atoms with Crippen molar-refractivity contribution in [3.8, 4) is 0 Å². The molecule has 3 rings (SSSR count). The average Bonchev–Trinajstić information content (AvgIpc) is 2.65. The quantitative estimate of drug-likeness (QED) is 0.549. The molecule has 0 aromatic heterocycles. The number of benzene rings is 3. The van der Waals surface area contributed by atoms with Crippen LogP contribution < -0.4 is 5.09 Å². The van der Waals surface area contributed by atoms with E-state index >= 15 is 0 Å². The lowest BCUT2D eigenvalue weighted by Crippen LogP contribution is -2.27. The maximum Gasteiger partial charge on any atom is 0.325 e. The van der Waals surface area contributed by atoms with Gasteiger partial charge in [0.25, 0.3) is 7.52 Å². The van der Waals surface area contributed by atoms with Crippen LogP contribution in [0.1, 0.15) is 17.2 Å². The van der Waals surface area contributed by atoms with E-state index < -0.39 is 19.5 Å². The monoisotopic (exact) mass is 369 g/mol. The maximum absolute atomic E-state index is 12.5. The Labute approximate surface area is 151 Å². The fourth-order valence-corrected chi connectivity index (χ4v) is 4.21. The molecule has 2 atom stereocenters. The molecule has 3 aromatic carbocycles. The Kier molecular flexibility index (Phi) is 5.52. The molecule has 134 valence electrons. The lowest BCUT2D eigenvalue weighted by molar-refractivity contribution is -0.139. The Morgan fingerprint density at radius 1 is 0.962 bits per heavy atom. The molecule has 0 saturated heterocycles. The first-order valence-corrected chi connectivity index (χ1v) is 10.1. The van der Waals surface area contributed by atoms with Crippen molar-refractivity contribution in [2.24, 2.45) is 0 Å². The highest BCUT2D eigenvalue weighted by molar-refractivity contribution is 7.55. The number of aliphatic carboxylic acids is 1. The molecule has 0 aliphatic carbocycles. The normalized spacial score (nSPS) is 14.7. The number of carbonyl (C=O) groups is 1. The van der Waals surface area contributed by atoms with E-state index in [-0.39, 0.29) is 6.16 Å². The number of carboxylic acid groups (broad SMARTS) is 1. The van der Waals surface area contributed by atoms with Crippen LogP contribution in [0.25, 0.3) is 10.8 Å². The molecule has 0 amide bonds. The summed E-state index contributed by atoms with van der Waals surface area (Å²) in [6, 6.07) is 21.0. The van der Waals surface area contributed by atoms with Gasteiger partial charge < -0.3 is 10.00 Å². The number of fused-ring (bicyclic) bond motifs is 1. The average molecular weight is 369 g/mol. The third-order valence-electron chi connectivity index (χ3n) is 4.23. The van der Waals surface area contributed by atoms with Crippen molar-refractivity contribution in [3.63, 3.8) is 0 Å². The van der Waals surface area contributed by atoms with Crippen molar-refractivity contribution >= 4 is 24.3 Å². The van der Waals surface area contributed by atoms with Crippen LogP contribution in [0, 0.1) is 0 Å². The van der Waals surface area contributed by atoms with Gasteiger partial charge in [0.1, 0.15) is 6.04 Å². The number of aryl methyl sites for hydroxylation is 1. The molecule has 0 saturated carbocycles. The molecule has 2 unspecified atom stereocenters. The Balaban J connectivity index is 1.71. The molecule has 3 aromatic rings. The van der Waals surface area contributed by atoms with Gasteiger partial charge in [-0.05, 0) is 28.3 Å². The number of hydrogen-bond acceptors (Lipinski definition) is 2. The highest BCUT2D eigenvalue weighted by Crippen LogP contribution is 2.39. The molecule has 26 heavy (non-hydrogen) atoms. The summed E-state index contributed by atoms with van der Waals surface area (Å²) >= 11 is 0. The van der Waals surface area contributed by atoms with Crippen LogP contribution in [0.2, 0.25) is 0 Å². The second kappa shape index (κ2) is 7.83. The summed E-state index contributed by atoms with van der Waals surface area (Å²) < 4.78 is 12.5. The van der Waals surface area contributed by atoms with Crippen LogP contribution in [0.5, 0.6) is 0 Å². The standard InChI is InChI=1S/C20H20NO4P/c22-20(23)19(17-7-2-1-3-8-17)21-26(24,25)13-12-15-10-11-16-6-4-5-9-18(16)14-15/h1-11,14,19H,12-13H2,(H,22,23)(H2,21,24,25). The van der Waals surface area contributed by atoms with Crippen molar-refractivity contribution in [2.45, 2.75) is 12.5 Å². The summed E-state index contributed by atoms with van der Waals surface area (Å²) in [7, 11) is -3.82. The Bertz CT molecular complexity index is 958. The Morgan fingerprint density at radius 2 is 1.62 bits per heavy atom. The van der Waals surface area contributed by atoms with E-state index in [1.165, 1.54) is 0 Å². The van der Waals surface area contributed by atoms with Gasteiger partial charge in [-0.15, -0.1) is 0 Å². The largest absolute Gasteiger partial charge is 0.480 e. The highest BCUT2D eigenvalue weighted by atomic mass is 31.2. The minimum atomic E-state index is -3.82. The summed E-state index contributed by atoms with van der Waals surface area (Å²) in [5.74, 6) is -1.18. The first-order chi connectivity index (χ1) is 12.4. The zero-order chi connectivity index (χ0) is 18.6. The maximum atomic E-state index is 12.5. The molecular formula is C20H20NO4P. The van der Waals surface area contributed by atoms with Crippen LogP contribution >= 0.6 is 7.52 Å². The molecule has 0 heterocycles. The smallest absolute Gasteiger partial charge is 0.325 e. The molecule has 0 bridgehead atoms. The predicted molar refractivity (Wildman–Crippen MR) is 102 cm³/mol. The van der Waals surface area contributed by atoms with Crippen LogP contribution in [0.3, 0.4) is 0 Å². The van der Waals surface area contributed by atoms with E-state index in [4.69, 9.17) is 0 Å². The minimum absolute atomic E-state index is 0.0397. The summed E-state index contributed by atoms with van der Waals surface area (Å²) in [5, 5.41) is 14.0. The van der Waals surface area contributed by atoms with Gasteiger partial charge in [-0.25, -0.2) is 5.09 Å². The molecule has 0 spiro atoms. The number of nitrogens with one attached hydrogen (secondary N) is 1. The van der Waals surface area contributed by atoms with E-state index in [2.05, 4.69) is 5.09 Å². The van der Waals surface area contributed by atoms with Gasteiger partial charge in [-0.1, -0.05) is 72.8 Å². The second-order valence-electron chi connectivity index (χ2n) is 6.17. The summed E-state index contributed by atoms with van der Waals surface area (Å²) in [6.07, 6.45) is 0.342. The molecule has 6 heteroatoms. The first-order valence-electron chi connectivity index (χ1n) is 8.30. The van der Waals surface area contributed by atoms with E-state index in [0.29, 0.717) is 12.0 Å². The lowest BCUT2D eigenvalue weighted by Gasteiger charge is -2.19. The predicted octanol–water partition coefficient (Wildman–Crippen LogP) is 3.98. The number of hydrogen-bond donors (Lipinski definition) is 3. The molecule has 0 aliphatic heterocycles. The fraction of sp³-hybridized carbons (Fsp3) is 0.150. The second-order valence-corrected chi connectivity index (χ2v) is 8.28. The number of carboxylic acids is 1. The van der Waals surface area contributed by atoms with Gasteiger partial charge in [0.2, 0.25) is 0 Å². The number of rotatable bonds is 7. The van der Waals surface area contributed by atoms with Crippen molar-refractivity contribution in [1.82, 2.24) is 5.09 Å². The van der Waals surface area contributed by atoms with Crippen molar-refractivity contribution < 1.29 is 19.4 Å². The van der Waals surface area contributed by atoms with E-state index in [1.54, 1.807) is 30.3 Å². The van der Waals surface area contributed by atoms with Crippen LogP contribution in [-0.4, -0.2) is 22.1 Å². The van der Waals surface area contributed by atoms with Gasteiger partial charge in [0, 0.05) is 6.16 Å². The van der Waals surface area contributed by atoms with Crippen LogP contribution in [0.15, 0.2) is 72.8 Å². The van der Waals surface area contributed by atoms with Gasteiger partial charge in [-0.3, -0.25) is 9.36 Å². The Morgan fingerprint density at radius 3 is 2.31 bits per heavy atom. The molecule has 5 nitrogen and oxygen atoms in total. The van der Waals surface area contributed by atoms with E-state index in [9.17, 15) is 19.4 Å². The summed E-state index contributed by atoms with van der Waals surface area (Å²) in [5.41, 5.74) is 1.38. The first kappa shape index (κ1) is 18.3. The van der Waals surface area contributed by atoms with Gasteiger partial charge in [-0.2, -0.15) is 0 Å². The van der Waals surface area contributed by atoms with Crippen molar-refractivity contribution in [3.05, 3.63) is 83.9 Å². The van der Waals surface area contributed by atoms with Crippen molar-refractivity contribution in [1.29, 1.82) is 0 Å². The van der Waals surface area contributed by atoms with Crippen LogP contribution in [-0.2, 0) is 15.8 Å². The molecule has 0 fully saturated rings. The topological polar surface area (TPSA) is 86.6 Å². The van der Waals surface area contributed by atoms with Gasteiger partial charge in [0.15, 0.2) is 0 Å². The molecule has 0 aliphatic rings. The molecule has 0 radical (unpaired) electrons. The molecule has 3 N–H and O–H groups in total. The van der Waals surface area contributed by atoms with Crippen LogP contribution in [0.4, 0.5) is 0 Å².